The molecule has 5 rings (SSSR count). The number of nitrogens with zero attached hydrogens (tertiary/aromatic N) is 4. The van der Waals surface area contributed by atoms with E-state index in [4.69, 9.17) is 0 Å². The van der Waals surface area contributed by atoms with Crippen LogP contribution in [0.5, 0.6) is 0 Å². The summed E-state index contributed by atoms with van der Waals surface area (Å²) in [5.74, 6) is -0.0146. The van der Waals surface area contributed by atoms with Crippen LogP contribution in [0.25, 0.3) is 11.1 Å². The lowest BCUT2D eigenvalue weighted by Gasteiger charge is -2.48. The predicted octanol–water partition coefficient (Wildman–Crippen LogP) is 4.27. The molecule has 1 amide bonds. The van der Waals surface area contributed by atoms with E-state index >= 15 is 0 Å². The number of aryl methyl sites for hydroxylation is 2. The number of azo groups is 1. The lowest BCUT2D eigenvalue weighted by atomic mass is 9.61. The molecule has 0 aliphatic carbocycles. The van der Waals surface area contributed by atoms with Crippen LogP contribution >= 0.6 is 0 Å². The molecule has 2 aromatic rings. The molecule has 2 atom stereocenters. The van der Waals surface area contributed by atoms with Crippen molar-refractivity contribution in [1.29, 1.82) is 0 Å². The number of nitrogens with one attached hydrogen (secondary N) is 2. The molecule has 7 nitrogen and oxygen atoms in total. The maximum absolute atomic E-state index is 13.6. The third kappa shape index (κ3) is 2.87. The van der Waals surface area contributed by atoms with Crippen LogP contribution in [-0.4, -0.2) is 27.4 Å². The number of hydrogen-bond donors (Lipinski definition) is 2. The Balaban J connectivity index is 1.78. The van der Waals surface area contributed by atoms with Gasteiger partial charge < -0.3 is 10.6 Å². The SMILES string of the molecule is CC[C@]1(c2cccc(-c3cn(C)nc3C)c2)C2=C(CC(C)(C)NC2=O)NC2N=NC(C)=C21. The maximum Gasteiger partial charge on any atom is 0.250 e. The topological polar surface area (TPSA) is 83.7 Å². The Hall–Kier alpha value is -3.22. The number of benzene rings is 1. The van der Waals surface area contributed by atoms with Crippen LogP contribution in [0.4, 0.5) is 0 Å². The van der Waals surface area contributed by atoms with Gasteiger partial charge in [-0.05, 0) is 51.3 Å². The van der Waals surface area contributed by atoms with E-state index in [0.717, 1.165) is 57.8 Å². The first-order chi connectivity index (χ1) is 15.2. The smallest absolute Gasteiger partial charge is 0.250 e. The number of rotatable bonds is 3. The molecule has 1 aromatic heterocycles. The highest BCUT2D eigenvalue weighted by molar-refractivity contribution is 6.00. The average Bonchev–Trinajstić information content (AvgIpc) is 3.27. The van der Waals surface area contributed by atoms with Gasteiger partial charge in [0.05, 0.1) is 22.4 Å². The van der Waals surface area contributed by atoms with Crippen molar-refractivity contribution in [2.24, 2.45) is 17.3 Å². The van der Waals surface area contributed by atoms with E-state index in [1.165, 1.54) is 0 Å². The molecule has 0 bridgehead atoms. The molecule has 32 heavy (non-hydrogen) atoms. The number of fused-ring (bicyclic) bond motifs is 1. The molecule has 0 saturated carbocycles. The molecule has 0 fully saturated rings. The van der Waals surface area contributed by atoms with Crippen LogP contribution in [0, 0.1) is 6.92 Å². The van der Waals surface area contributed by atoms with Gasteiger partial charge in [0.2, 0.25) is 0 Å². The number of amides is 1. The minimum absolute atomic E-state index is 0.0146. The van der Waals surface area contributed by atoms with Gasteiger partial charge in [-0.1, -0.05) is 25.1 Å². The zero-order chi connectivity index (χ0) is 22.8. The first-order valence-electron chi connectivity index (χ1n) is 11.2. The predicted molar refractivity (Wildman–Crippen MR) is 124 cm³/mol. The summed E-state index contributed by atoms with van der Waals surface area (Å²) in [6.45, 7) is 10.3. The van der Waals surface area contributed by atoms with Crippen molar-refractivity contribution in [3.63, 3.8) is 0 Å². The number of carbonyl (C=O) groups excluding carboxylic acids is 1. The molecule has 0 radical (unpaired) electrons. The monoisotopic (exact) mass is 430 g/mol. The van der Waals surface area contributed by atoms with Crippen LogP contribution in [-0.2, 0) is 17.3 Å². The second-order valence-corrected chi connectivity index (χ2v) is 9.77. The Bertz CT molecular complexity index is 1230. The highest BCUT2D eigenvalue weighted by Crippen LogP contribution is 2.53. The van der Waals surface area contributed by atoms with Gasteiger partial charge in [0.1, 0.15) is 0 Å². The van der Waals surface area contributed by atoms with E-state index in [1.54, 1.807) is 0 Å². The van der Waals surface area contributed by atoms with Crippen molar-refractivity contribution < 1.29 is 4.79 Å². The van der Waals surface area contributed by atoms with E-state index in [2.05, 4.69) is 71.0 Å². The van der Waals surface area contributed by atoms with Gasteiger partial charge in [-0.25, -0.2) is 0 Å². The van der Waals surface area contributed by atoms with E-state index in [-0.39, 0.29) is 17.6 Å². The number of aromatic nitrogens is 2. The summed E-state index contributed by atoms with van der Waals surface area (Å²) in [5, 5.41) is 20.3. The molecule has 4 heterocycles. The van der Waals surface area contributed by atoms with E-state index in [0.29, 0.717) is 0 Å². The van der Waals surface area contributed by atoms with Crippen molar-refractivity contribution in [1.82, 2.24) is 20.4 Å². The van der Waals surface area contributed by atoms with Gasteiger partial charge in [-0.15, -0.1) is 0 Å². The molecule has 7 heteroatoms. The Labute approximate surface area is 188 Å². The second-order valence-electron chi connectivity index (χ2n) is 9.77. The molecule has 3 aliphatic heterocycles. The van der Waals surface area contributed by atoms with Crippen molar-refractivity contribution in [3.8, 4) is 11.1 Å². The quantitative estimate of drug-likeness (QED) is 0.763. The maximum atomic E-state index is 13.6. The molecule has 2 N–H and O–H groups in total. The van der Waals surface area contributed by atoms with Crippen LogP contribution in [0.15, 0.2) is 63.2 Å². The molecular weight excluding hydrogens is 400 g/mol. The fourth-order valence-electron chi connectivity index (χ4n) is 5.76. The lowest BCUT2D eigenvalue weighted by molar-refractivity contribution is -0.120. The van der Waals surface area contributed by atoms with Gasteiger partial charge in [-0.3, -0.25) is 9.48 Å². The molecule has 3 aliphatic rings. The summed E-state index contributed by atoms with van der Waals surface area (Å²) in [7, 11) is 1.94. The van der Waals surface area contributed by atoms with Crippen molar-refractivity contribution in [2.75, 3.05) is 0 Å². The Morgan fingerprint density at radius 1 is 1.25 bits per heavy atom. The van der Waals surface area contributed by atoms with Crippen LogP contribution in [0.2, 0.25) is 0 Å². The first kappa shape index (κ1) is 20.7. The summed E-state index contributed by atoms with van der Waals surface area (Å²) in [6.07, 6.45) is 3.28. The van der Waals surface area contributed by atoms with Gasteiger partial charge in [-0.2, -0.15) is 15.3 Å². The highest BCUT2D eigenvalue weighted by atomic mass is 16.2. The summed E-state index contributed by atoms with van der Waals surface area (Å²) < 4.78 is 1.84. The molecule has 1 unspecified atom stereocenters. The summed E-state index contributed by atoms with van der Waals surface area (Å²) >= 11 is 0. The summed E-state index contributed by atoms with van der Waals surface area (Å²) in [6, 6.07) is 8.54. The van der Waals surface area contributed by atoms with Crippen LogP contribution < -0.4 is 10.6 Å². The molecule has 1 aromatic carbocycles. The second kappa shape index (κ2) is 6.89. The van der Waals surface area contributed by atoms with E-state index in [1.807, 2.05) is 31.8 Å². The number of hydrogen-bond acceptors (Lipinski definition) is 5. The normalized spacial score (nSPS) is 26.1. The Kier molecular flexibility index (Phi) is 4.45. The Morgan fingerprint density at radius 2 is 2.03 bits per heavy atom. The summed E-state index contributed by atoms with van der Waals surface area (Å²) in [4.78, 5) is 13.6. The van der Waals surface area contributed by atoms with Gasteiger partial charge >= 0.3 is 0 Å². The van der Waals surface area contributed by atoms with Crippen LogP contribution in [0.3, 0.4) is 0 Å². The van der Waals surface area contributed by atoms with Gasteiger partial charge in [0.15, 0.2) is 6.17 Å². The fourth-order valence-corrected chi connectivity index (χ4v) is 5.76. The molecule has 0 spiro atoms. The number of allylic oxidation sites excluding steroid dienone is 1. The van der Waals surface area contributed by atoms with E-state index in [9.17, 15) is 4.79 Å². The minimum atomic E-state index is -0.592. The largest absolute Gasteiger partial charge is 0.362 e. The fraction of sp³-hybridized carbons (Fsp3) is 0.440. The summed E-state index contributed by atoms with van der Waals surface area (Å²) in [5.41, 5.74) is 7.11. The van der Waals surface area contributed by atoms with Crippen molar-refractivity contribution in [3.05, 3.63) is 64.3 Å². The third-order valence-electron chi connectivity index (χ3n) is 6.99. The van der Waals surface area contributed by atoms with E-state index < -0.39 is 5.41 Å². The van der Waals surface area contributed by atoms with Gasteiger partial charge in [0.25, 0.3) is 5.91 Å². The number of carbonyl (C=O) groups is 1. The molecule has 0 saturated heterocycles. The van der Waals surface area contributed by atoms with Gasteiger partial charge in [0, 0.05) is 42.0 Å². The lowest BCUT2D eigenvalue weighted by Crippen LogP contribution is -2.58. The average molecular weight is 431 g/mol. The standard InChI is InChI=1S/C25H30N6O/c1-7-25(17-10-8-9-16(11-17)18-13-31(6)30-14(18)2)20-15(3)28-29-22(20)26-19-12-24(4,5)27-23(32)21(19)25/h8-11,13,22,26H,7,12H2,1-6H3,(H,27,32)/t22?,25-/m1/s1. The van der Waals surface area contributed by atoms with Crippen molar-refractivity contribution in [2.45, 2.75) is 64.6 Å². The zero-order valence-corrected chi connectivity index (χ0v) is 19.6. The minimum Gasteiger partial charge on any atom is -0.362 e. The highest BCUT2D eigenvalue weighted by Gasteiger charge is 2.54. The first-order valence-corrected chi connectivity index (χ1v) is 11.2. The Morgan fingerprint density at radius 3 is 2.72 bits per heavy atom. The van der Waals surface area contributed by atoms with Crippen LogP contribution in [0.1, 0.15) is 51.8 Å². The zero-order valence-electron chi connectivity index (χ0n) is 19.6. The molecule has 166 valence electrons. The third-order valence-corrected chi connectivity index (χ3v) is 6.99. The molecular formula is C25H30N6O. The van der Waals surface area contributed by atoms with Crippen molar-refractivity contribution >= 4 is 5.91 Å².